The molecule has 5 nitrogen and oxygen atoms in total. The number of nitrogens with two attached hydrogens (primary N) is 1. The quantitative estimate of drug-likeness (QED) is 0.783. The molecule has 3 amide bonds. The molecule has 0 unspecified atom stereocenters. The maximum Gasteiger partial charge on any atom is 0.324 e. The number of quaternary nitrogens is 1. The lowest BCUT2D eigenvalue weighted by molar-refractivity contribution is -0.704. The van der Waals surface area contributed by atoms with Gasteiger partial charge in [-0.1, -0.05) is 43.7 Å². The van der Waals surface area contributed by atoms with Gasteiger partial charge in [-0.3, -0.25) is 9.69 Å². The Hall–Kier alpha value is -2.18. The number of benzene rings is 1. The van der Waals surface area contributed by atoms with Crippen LogP contribution in [0.5, 0.6) is 0 Å². The molecule has 1 aliphatic heterocycles. The lowest BCUT2D eigenvalue weighted by Gasteiger charge is -2.22. The smallest absolute Gasteiger partial charge is 0.324 e. The van der Waals surface area contributed by atoms with Gasteiger partial charge in [-0.15, -0.1) is 11.3 Å². The van der Waals surface area contributed by atoms with Crippen molar-refractivity contribution in [2.75, 3.05) is 13.1 Å². The van der Waals surface area contributed by atoms with Gasteiger partial charge in [-0.05, 0) is 30.4 Å². The molecule has 0 spiro atoms. The number of nitrogens with one attached hydrogen (secondary N) is 1. The van der Waals surface area contributed by atoms with Gasteiger partial charge in [0.1, 0.15) is 6.04 Å². The molecule has 2 aromatic rings. The molecule has 0 bridgehead atoms. The van der Waals surface area contributed by atoms with Crippen LogP contribution in [0.2, 0.25) is 0 Å². The SMILES string of the molecule is CCCc1ccc([C@H]([NH2+][C@@H](C)C(=O)N2CCNC2=O)c2cccs2)cc1. The lowest BCUT2D eigenvalue weighted by Crippen LogP contribution is -2.92. The Morgan fingerprint density at radius 3 is 2.65 bits per heavy atom. The molecular weight excluding hydrogens is 346 g/mol. The molecule has 138 valence electrons. The minimum atomic E-state index is -0.332. The summed E-state index contributed by atoms with van der Waals surface area (Å²) in [4.78, 5) is 27.0. The zero-order valence-electron chi connectivity index (χ0n) is 15.3. The van der Waals surface area contributed by atoms with Crippen LogP contribution in [-0.4, -0.2) is 36.0 Å². The van der Waals surface area contributed by atoms with E-state index in [1.54, 1.807) is 11.3 Å². The van der Waals surface area contributed by atoms with Crippen molar-refractivity contribution < 1.29 is 14.9 Å². The first-order valence-electron chi connectivity index (χ1n) is 9.16. The summed E-state index contributed by atoms with van der Waals surface area (Å²) < 4.78 is 0. The average Bonchev–Trinajstić information content (AvgIpc) is 3.31. The van der Waals surface area contributed by atoms with Crippen molar-refractivity contribution in [3.63, 3.8) is 0 Å². The zero-order chi connectivity index (χ0) is 18.5. The van der Waals surface area contributed by atoms with Gasteiger partial charge in [0, 0.05) is 18.7 Å². The first-order chi connectivity index (χ1) is 12.6. The Kier molecular flexibility index (Phi) is 6.06. The largest absolute Gasteiger partial charge is 0.336 e. The van der Waals surface area contributed by atoms with Crippen LogP contribution in [0, 0.1) is 0 Å². The summed E-state index contributed by atoms with van der Waals surface area (Å²) in [5.74, 6) is -0.135. The average molecular weight is 373 g/mol. The summed E-state index contributed by atoms with van der Waals surface area (Å²) in [6.45, 7) is 5.04. The van der Waals surface area contributed by atoms with E-state index in [0.717, 1.165) is 12.8 Å². The second-order valence-electron chi connectivity index (χ2n) is 6.69. The fourth-order valence-electron chi connectivity index (χ4n) is 3.32. The van der Waals surface area contributed by atoms with Crippen molar-refractivity contribution in [1.29, 1.82) is 0 Å². The number of nitrogens with zero attached hydrogens (tertiary/aromatic N) is 1. The molecule has 1 aliphatic rings. The van der Waals surface area contributed by atoms with Crippen molar-refractivity contribution in [2.24, 2.45) is 0 Å². The monoisotopic (exact) mass is 372 g/mol. The summed E-state index contributed by atoms with van der Waals surface area (Å²) in [6.07, 6.45) is 2.20. The predicted octanol–water partition coefficient (Wildman–Crippen LogP) is 2.29. The fraction of sp³-hybridized carbons (Fsp3) is 0.400. The summed E-state index contributed by atoms with van der Waals surface area (Å²) >= 11 is 1.69. The van der Waals surface area contributed by atoms with Gasteiger partial charge in [0.05, 0.1) is 4.88 Å². The van der Waals surface area contributed by atoms with E-state index in [-0.39, 0.29) is 24.0 Å². The molecule has 3 rings (SSSR count). The Bertz CT molecular complexity index is 743. The standard InChI is InChI=1S/C20H25N3O2S/c1-3-5-15-7-9-16(10-8-15)18(17-6-4-13-26-17)22-14(2)19(24)23-12-11-21-20(23)25/h4,6-10,13-14,18,22H,3,5,11-12H2,1-2H3,(H,21,25)/p+1/t14-,18-/m0/s1. The highest BCUT2D eigenvalue weighted by molar-refractivity contribution is 7.10. The molecule has 1 aromatic carbocycles. The van der Waals surface area contributed by atoms with Crippen LogP contribution in [0.1, 0.15) is 42.3 Å². The molecular formula is C20H26N3O2S+. The molecule has 1 fully saturated rings. The van der Waals surface area contributed by atoms with Crippen LogP contribution >= 0.6 is 11.3 Å². The van der Waals surface area contributed by atoms with E-state index in [0.29, 0.717) is 13.1 Å². The van der Waals surface area contributed by atoms with E-state index in [2.05, 4.69) is 53.3 Å². The number of urea groups is 1. The summed E-state index contributed by atoms with van der Waals surface area (Å²) in [5, 5.41) is 6.81. The highest BCUT2D eigenvalue weighted by atomic mass is 32.1. The Labute approximate surface area is 158 Å². The van der Waals surface area contributed by atoms with Crippen molar-refractivity contribution in [3.05, 3.63) is 57.8 Å². The van der Waals surface area contributed by atoms with Gasteiger partial charge < -0.3 is 10.6 Å². The normalized spacial score (nSPS) is 16.4. The van der Waals surface area contributed by atoms with Gasteiger partial charge in [-0.25, -0.2) is 4.79 Å². The number of carbonyl (C=O) groups excluding carboxylic acids is 2. The van der Waals surface area contributed by atoms with Crippen molar-refractivity contribution >= 4 is 23.3 Å². The highest BCUT2D eigenvalue weighted by Crippen LogP contribution is 2.23. The van der Waals surface area contributed by atoms with E-state index < -0.39 is 0 Å². The van der Waals surface area contributed by atoms with E-state index in [1.807, 2.05) is 13.0 Å². The Morgan fingerprint density at radius 2 is 2.08 bits per heavy atom. The second-order valence-corrected chi connectivity index (χ2v) is 7.67. The van der Waals surface area contributed by atoms with Crippen LogP contribution in [0.25, 0.3) is 0 Å². The first kappa shape index (κ1) is 18.6. The minimum Gasteiger partial charge on any atom is -0.336 e. The van der Waals surface area contributed by atoms with Gasteiger partial charge >= 0.3 is 6.03 Å². The molecule has 2 heterocycles. The predicted molar refractivity (Wildman–Crippen MR) is 103 cm³/mol. The number of hydrogen-bond donors (Lipinski definition) is 2. The molecule has 26 heavy (non-hydrogen) atoms. The first-order valence-corrected chi connectivity index (χ1v) is 10.0. The molecule has 0 radical (unpaired) electrons. The number of amides is 3. The van der Waals surface area contributed by atoms with Crippen LogP contribution in [0.4, 0.5) is 4.79 Å². The third kappa shape index (κ3) is 4.14. The molecule has 2 atom stereocenters. The number of imide groups is 1. The number of aryl methyl sites for hydroxylation is 1. The number of carbonyl (C=O) groups is 2. The zero-order valence-corrected chi connectivity index (χ0v) is 16.1. The van der Waals surface area contributed by atoms with Crippen LogP contribution in [-0.2, 0) is 11.2 Å². The van der Waals surface area contributed by atoms with E-state index in [4.69, 9.17) is 0 Å². The topological polar surface area (TPSA) is 66.0 Å². The third-order valence-corrected chi connectivity index (χ3v) is 5.68. The number of rotatable bonds is 7. The summed E-state index contributed by atoms with van der Waals surface area (Å²) in [7, 11) is 0. The minimum absolute atomic E-state index is 0.0512. The van der Waals surface area contributed by atoms with Crippen LogP contribution in [0.3, 0.4) is 0 Å². The maximum absolute atomic E-state index is 12.7. The van der Waals surface area contributed by atoms with Gasteiger partial charge in [0.2, 0.25) is 0 Å². The molecule has 1 saturated heterocycles. The molecule has 0 saturated carbocycles. The van der Waals surface area contributed by atoms with Gasteiger partial charge in [0.15, 0.2) is 6.04 Å². The fourth-order valence-corrected chi connectivity index (χ4v) is 4.15. The van der Waals surface area contributed by atoms with Crippen LogP contribution < -0.4 is 10.6 Å². The van der Waals surface area contributed by atoms with Crippen molar-refractivity contribution in [2.45, 2.75) is 38.8 Å². The summed E-state index contributed by atoms with van der Waals surface area (Å²) in [6, 6.07) is 12.2. The van der Waals surface area contributed by atoms with Gasteiger partial charge in [-0.2, -0.15) is 0 Å². The number of hydrogen-bond acceptors (Lipinski definition) is 3. The van der Waals surface area contributed by atoms with Crippen molar-refractivity contribution in [3.8, 4) is 0 Å². The van der Waals surface area contributed by atoms with E-state index in [9.17, 15) is 9.59 Å². The number of thiophene rings is 1. The van der Waals surface area contributed by atoms with Crippen molar-refractivity contribution in [1.82, 2.24) is 10.2 Å². The maximum atomic E-state index is 12.7. The molecule has 0 aliphatic carbocycles. The second kappa shape index (κ2) is 8.47. The van der Waals surface area contributed by atoms with Gasteiger partial charge in [0.25, 0.3) is 5.91 Å². The highest BCUT2D eigenvalue weighted by Gasteiger charge is 2.33. The lowest BCUT2D eigenvalue weighted by atomic mass is 10.0. The summed E-state index contributed by atoms with van der Waals surface area (Å²) in [5.41, 5.74) is 2.51. The third-order valence-electron chi connectivity index (χ3n) is 4.72. The van der Waals surface area contributed by atoms with E-state index >= 15 is 0 Å². The Morgan fingerprint density at radius 1 is 1.31 bits per heavy atom. The Balaban J connectivity index is 1.78. The van der Waals surface area contributed by atoms with Crippen LogP contribution in [0.15, 0.2) is 41.8 Å². The van der Waals surface area contributed by atoms with E-state index in [1.165, 1.54) is 20.9 Å². The molecule has 6 heteroatoms. The molecule has 1 aromatic heterocycles. The molecule has 3 N–H and O–H groups in total.